The number of hydrogen-bond donors (Lipinski definition) is 1. The van der Waals surface area contributed by atoms with Crippen molar-refractivity contribution in [2.45, 2.75) is 12.8 Å². The minimum atomic E-state index is -0.556. The highest BCUT2D eigenvalue weighted by Gasteiger charge is 2.72. The van der Waals surface area contributed by atoms with Crippen molar-refractivity contribution in [3.63, 3.8) is 0 Å². The summed E-state index contributed by atoms with van der Waals surface area (Å²) in [5.74, 6) is 0.917. The van der Waals surface area contributed by atoms with Gasteiger partial charge in [0, 0.05) is 0 Å². The number of carbonyl (C=O) groups is 1. The van der Waals surface area contributed by atoms with E-state index >= 15 is 0 Å². The van der Waals surface area contributed by atoms with Crippen molar-refractivity contribution < 1.29 is 9.90 Å². The van der Waals surface area contributed by atoms with E-state index in [0.29, 0.717) is 17.8 Å². The van der Waals surface area contributed by atoms with Crippen LogP contribution in [-0.4, -0.2) is 11.1 Å². The Morgan fingerprint density at radius 3 is 2.82 bits per heavy atom. The molecule has 2 saturated carbocycles. The van der Waals surface area contributed by atoms with E-state index in [1.807, 2.05) is 0 Å². The summed E-state index contributed by atoms with van der Waals surface area (Å²) in [6.45, 7) is 0. The second-order valence-corrected chi connectivity index (χ2v) is 4.05. The van der Waals surface area contributed by atoms with Gasteiger partial charge in [-0.1, -0.05) is 12.2 Å². The Labute approximate surface area is 64.9 Å². The summed E-state index contributed by atoms with van der Waals surface area (Å²) in [5.41, 5.74) is -0.292. The fourth-order valence-corrected chi connectivity index (χ4v) is 3.08. The first-order valence-corrected chi connectivity index (χ1v) is 4.17. The van der Waals surface area contributed by atoms with Crippen molar-refractivity contribution in [3.05, 3.63) is 12.2 Å². The van der Waals surface area contributed by atoms with Crippen LogP contribution >= 0.6 is 0 Å². The van der Waals surface area contributed by atoms with E-state index in [1.54, 1.807) is 0 Å². The quantitative estimate of drug-likeness (QED) is 0.572. The largest absolute Gasteiger partial charge is 0.481 e. The number of hydrogen-bond acceptors (Lipinski definition) is 1. The molecule has 4 unspecified atom stereocenters. The third-order valence-electron chi connectivity index (χ3n) is 3.75. The summed E-state index contributed by atoms with van der Waals surface area (Å²) in [6.07, 6.45) is 6.37. The summed E-state index contributed by atoms with van der Waals surface area (Å²) in [4.78, 5) is 10.9. The Balaban J connectivity index is 2.06. The summed E-state index contributed by atoms with van der Waals surface area (Å²) in [7, 11) is 0. The zero-order valence-electron chi connectivity index (χ0n) is 6.16. The number of rotatable bonds is 1. The lowest BCUT2D eigenvalue weighted by atomic mass is 9.91. The SMILES string of the molecule is O=C(O)C12CC1C1C=CC2C1. The van der Waals surface area contributed by atoms with Gasteiger partial charge in [0.1, 0.15) is 0 Å². The molecule has 4 atom stereocenters. The van der Waals surface area contributed by atoms with Crippen molar-refractivity contribution in [1.29, 1.82) is 0 Å². The van der Waals surface area contributed by atoms with Gasteiger partial charge in [-0.3, -0.25) is 4.79 Å². The maximum Gasteiger partial charge on any atom is 0.310 e. The van der Waals surface area contributed by atoms with Crippen molar-refractivity contribution in [3.8, 4) is 0 Å². The molecule has 2 nitrogen and oxygen atoms in total. The molecule has 0 amide bonds. The zero-order valence-corrected chi connectivity index (χ0v) is 6.16. The minimum Gasteiger partial charge on any atom is -0.481 e. The molecule has 3 rings (SSSR count). The summed E-state index contributed by atoms with van der Waals surface area (Å²) in [5, 5.41) is 9.00. The van der Waals surface area contributed by atoms with E-state index in [0.717, 1.165) is 12.8 Å². The highest BCUT2D eigenvalue weighted by Crippen LogP contribution is 2.72. The smallest absolute Gasteiger partial charge is 0.310 e. The Bertz CT molecular complexity index is 269. The number of allylic oxidation sites excluding steroid dienone is 2. The molecule has 2 bridgehead atoms. The van der Waals surface area contributed by atoms with Crippen LogP contribution in [0.4, 0.5) is 0 Å². The van der Waals surface area contributed by atoms with Crippen LogP contribution in [0.25, 0.3) is 0 Å². The molecule has 0 spiro atoms. The van der Waals surface area contributed by atoms with Crippen molar-refractivity contribution in [1.82, 2.24) is 0 Å². The lowest BCUT2D eigenvalue weighted by Crippen LogP contribution is -2.22. The molecular weight excluding hydrogens is 140 g/mol. The molecule has 0 saturated heterocycles. The molecule has 0 heterocycles. The molecule has 58 valence electrons. The summed E-state index contributed by atoms with van der Waals surface area (Å²) >= 11 is 0. The van der Waals surface area contributed by atoms with Gasteiger partial charge in [0.2, 0.25) is 0 Å². The van der Waals surface area contributed by atoms with Gasteiger partial charge in [-0.25, -0.2) is 0 Å². The molecule has 1 N–H and O–H groups in total. The zero-order chi connectivity index (χ0) is 7.64. The van der Waals surface area contributed by atoms with Gasteiger partial charge < -0.3 is 5.11 Å². The monoisotopic (exact) mass is 150 g/mol. The third-order valence-corrected chi connectivity index (χ3v) is 3.75. The molecule has 0 aliphatic heterocycles. The van der Waals surface area contributed by atoms with Gasteiger partial charge in [-0.15, -0.1) is 0 Å². The lowest BCUT2D eigenvalue weighted by molar-refractivity contribution is -0.144. The van der Waals surface area contributed by atoms with Gasteiger partial charge >= 0.3 is 5.97 Å². The second kappa shape index (κ2) is 1.38. The van der Waals surface area contributed by atoms with E-state index in [9.17, 15) is 4.79 Å². The molecule has 11 heavy (non-hydrogen) atoms. The molecule has 3 aliphatic rings. The van der Waals surface area contributed by atoms with Crippen LogP contribution in [0.15, 0.2) is 12.2 Å². The molecule has 0 aromatic rings. The first kappa shape index (κ1) is 5.81. The van der Waals surface area contributed by atoms with Gasteiger partial charge in [-0.2, -0.15) is 0 Å². The Morgan fingerprint density at radius 1 is 1.55 bits per heavy atom. The van der Waals surface area contributed by atoms with E-state index in [2.05, 4.69) is 12.2 Å². The molecule has 2 heteroatoms. The normalized spacial score (nSPS) is 56.2. The van der Waals surface area contributed by atoms with Gasteiger partial charge in [0.15, 0.2) is 0 Å². The van der Waals surface area contributed by atoms with E-state index in [4.69, 9.17) is 5.11 Å². The highest BCUT2D eigenvalue weighted by molar-refractivity contribution is 5.81. The average molecular weight is 150 g/mol. The van der Waals surface area contributed by atoms with Crippen LogP contribution in [0, 0.1) is 23.2 Å². The molecule has 0 aromatic carbocycles. The van der Waals surface area contributed by atoms with Crippen LogP contribution in [0.1, 0.15) is 12.8 Å². The molecular formula is C9H10O2. The maximum absolute atomic E-state index is 10.9. The van der Waals surface area contributed by atoms with Crippen molar-refractivity contribution in [2.75, 3.05) is 0 Å². The standard InChI is InChI=1S/C9H10O2/c10-8(11)9-4-7(9)5-1-2-6(9)3-5/h1-2,5-7H,3-4H2,(H,10,11). The first-order valence-electron chi connectivity index (χ1n) is 4.17. The summed E-state index contributed by atoms with van der Waals surface area (Å²) < 4.78 is 0. The van der Waals surface area contributed by atoms with Gasteiger partial charge in [0.25, 0.3) is 0 Å². The van der Waals surface area contributed by atoms with Crippen LogP contribution in [0.5, 0.6) is 0 Å². The maximum atomic E-state index is 10.9. The number of carboxylic acids is 1. The predicted octanol–water partition coefficient (Wildman–Crippen LogP) is 1.28. The molecule has 0 radical (unpaired) electrons. The number of fused-ring (bicyclic) bond motifs is 5. The first-order chi connectivity index (χ1) is 5.25. The minimum absolute atomic E-state index is 0.292. The third kappa shape index (κ3) is 0.434. The van der Waals surface area contributed by atoms with Crippen LogP contribution < -0.4 is 0 Å². The van der Waals surface area contributed by atoms with Crippen LogP contribution in [0.2, 0.25) is 0 Å². The predicted molar refractivity (Wildman–Crippen MR) is 38.9 cm³/mol. The fourth-order valence-electron chi connectivity index (χ4n) is 3.08. The highest BCUT2D eigenvalue weighted by atomic mass is 16.4. The van der Waals surface area contributed by atoms with Crippen molar-refractivity contribution >= 4 is 5.97 Å². The molecule has 0 aromatic heterocycles. The van der Waals surface area contributed by atoms with Crippen LogP contribution in [-0.2, 0) is 4.79 Å². The van der Waals surface area contributed by atoms with Gasteiger partial charge in [0.05, 0.1) is 5.41 Å². The Kier molecular flexibility index (Phi) is 0.729. The van der Waals surface area contributed by atoms with E-state index in [-0.39, 0.29) is 5.41 Å². The van der Waals surface area contributed by atoms with Crippen molar-refractivity contribution in [2.24, 2.45) is 23.2 Å². The fraction of sp³-hybridized carbons (Fsp3) is 0.667. The van der Waals surface area contributed by atoms with Crippen LogP contribution in [0.3, 0.4) is 0 Å². The van der Waals surface area contributed by atoms with E-state index < -0.39 is 5.97 Å². The lowest BCUT2D eigenvalue weighted by Gasteiger charge is -2.13. The van der Waals surface area contributed by atoms with Gasteiger partial charge in [-0.05, 0) is 30.6 Å². The average Bonchev–Trinajstić information content (AvgIpc) is 2.50. The van der Waals surface area contributed by atoms with E-state index in [1.165, 1.54) is 0 Å². The summed E-state index contributed by atoms with van der Waals surface area (Å²) in [6, 6.07) is 0. The Morgan fingerprint density at radius 2 is 2.36 bits per heavy atom. The Hall–Kier alpha value is -0.790. The number of carboxylic acid groups (broad SMARTS) is 1. The second-order valence-electron chi connectivity index (χ2n) is 4.05. The molecule has 2 fully saturated rings. The number of aliphatic carboxylic acids is 1. The topological polar surface area (TPSA) is 37.3 Å². The molecule has 3 aliphatic carbocycles.